The van der Waals surface area contributed by atoms with E-state index in [4.69, 9.17) is 21.6 Å². The van der Waals surface area contributed by atoms with Crippen molar-refractivity contribution in [1.29, 1.82) is 5.26 Å². The number of pyridine rings is 1. The molecule has 0 aliphatic carbocycles. The zero-order valence-corrected chi connectivity index (χ0v) is 11.9. The van der Waals surface area contributed by atoms with Crippen molar-refractivity contribution >= 4 is 11.6 Å². The molecule has 2 unspecified atom stereocenters. The fourth-order valence-corrected chi connectivity index (χ4v) is 2.01. The Labute approximate surface area is 123 Å². The molecule has 0 spiro atoms. The summed E-state index contributed by atoms with van der Waals surface area (Å²) in [4.78, 5) is 4.32. The average Bonchev–Trinajstić information content (AvgIpc) is 2.50. The molecule has 3 nitrogen and oxygen atoms in total. The van der Waals surface area contributed by atoms with Crippen molar-refractivity contribution in [3.63, 3.8) is 0 Å². The second kappa shape index (κ2) is 6.93. The summed E-state index contributed by atoms with van der Waals surface area (Å²) >= 11 is 5.83. The maximum Gasteiger partial charge on any atom is 0.119 e. The highest BCUT2D eigenvalue weighted by molar-refractivity contribution is 6.30. The molecule has 0 aliphatic heterocycles. The first-order chi connectivity index (χ1) is 9.70. The van der Waals surface area contributed by atoms with E-state index in [-0.39, 0.29) is 11.8 Å². The largest absolute Gasteiger partial charge is 0.493 e. The minimum absolute atomic E-state index is 0.0584. The van der Waals surface area contributed by atoms with Gasteiger partial charge in [-0.05, 0) is 43.3 Å². The van der Waals surface area contributed by atoms with Gasteiger partial charge in [0.05, 0.1) is 24.5 Å². The van der Waals surface area contributed by atoms with E-state index >= 15 is 0 Å². The Hall–Kier alpha value is -2.05. The van der Waals surface area contributed by atoms with E-state index < -0.39 is 0 Å². The number of hydrogen-bond donors (Lipinski definition) is 0. The standard InChI is InChI=1S/C16H15ClN2O/c1-12(10-18)15(16-4-2-3-9-19-16)11-20-14-7-5-13(17)6-8-14/h2-9,12,15H,11H2,1H3. The highest BCUT2D eigenvalue weighted by Gasteiger charge is 2.21. The molecule has 4 heteroatoms. The minimum atomic E-state index is -0.169. The normalized spacial score (nSPS) is 13.2. The zero-order chi connectivity index (χ0) is 14.4. The Kier molecular flexibility index (Phi) is 4.97. The van der Waals surface area contributed by atoms with Crippen molar-refractivity contribution in [1.82, 2.24) is 4.98 Å². The molecular formula is C16H15ClN2O. The average molecular weight is 287 g/mol. The highest BCUT2D eigenvalue weighted by Crippen LogP contribution is 2.24. The second-order valence-electron chi connectivity index (χ2n) is 4.54. The highest BCUT2D eigenvalue weighted by atomic mass is 35.5. The molecule has 0 amide bonds. The maximum atomic E-state index is 9.15. The Bertz CT molecular complexity index is 578. The lowest BCUT2D eigenvalue weighted by atomic mass is 9.92. The summed E-state index contributed by atoms with van der Waals surface area (Å²) in [6.07, 6.45) is 1.73. The van der Waals surface area contributed by atoms with E-state index in [9.17, 15) is 0 Å². The quantitative estimate of drug-likeness (QED) is 0.833. The van der Waals surface area contributed by atoms with Crippen molar-refractivity contribution in [3.05, 3.63) is 59.4 Å². The van der Waals surface area contributed by atoms with Gasteiger partial charge in [-0.2, -0.15) is 5.26 Å². The number of aromatic nitrogens is 1. The van der Waals surface area contributed by atoms with E-state index in [1.165, 1.54) is 0 Å². The van der Waals surface area contributed by atoms with E-state index in [2.05, 4.69) is 11.1 Å². The summed E-state index contributed by atoms with van der Waals surface area (Å²) in [7, 11) is 0. The summed E-state index contributed by atoms with van der Waals surface area (Å²) < 4.78 is 5.75. The summed E-state index contributed by atoms with van der Waals surface area (Å²) in [5, 5.41) is 9.82. The number of ether oxygens (including phenoxy) is 1. The number of benzene rings is 1. The van der Waals surface area contributed by atoms with Gasteiger partial charge in [0, 0.05) is 16.9 Å². The van der Waals surface area contributed by atoms with Gasteiger partial charge >= 0.3 is 0 Å². The van der Waals surface area contributed by atoms with Gasteiger partial charge in [-0.15, -0.1) is 0 Å². The van der Waals surface area contributed by atoms with Gasteiger partial charge in [0.2, 0.25) is 0 Å². The van der Waals surface area contributed by atoms with Crippen molar-refractivity contribution in [2.75, 3.05) is 6.61 Å². The molecule has 0 saturated heterocycles. The summed E-state index contributed by atoms with van der Waals surface area (Å²) in [5.74, 6) is 0.509. The lowest BCUT2D eigenvalue weighted by Gasteiger charge is -2.19. The Morgan fingerprint density at radius 2 is 2.00 bits per heavy atom. The minimum Gasteiger partial charge on any atom is -0.493 e. The van der Waals surface area contributed by atoms with Crippen LogP contribution in [0.15, 0.2) is 48.7 Å². The topological polar surface area (TPSA) is 45.9 Å². The lowest BCUT2D eigenvalue weighted by molar-refractivity contribution is 0.266. The monoisotopic (exact) mass is 286 g/mol. The van der Waals surface area contributed by atoms with Gasteiger partial charge in [0.25, 0.3) is 0 Å². The summed E-state index contributed by atoms with van der Waals surface area (Å²) in [6, 6.07) is 15.2. The van der Waals surface area contributed by atoms with E-state index in [1.807, 2.05) is 37.3 Å². The van der Waals surface area contributed by atoms with Crippen LogP contribution in [-0.2, 0) is 0 Å². The smallest absolute Gasteiger partial charge is 0.119 e. The van der Waals surface area contributed by atoms with Crippen LogP contribution < -0.4 is 4.74 Å². The molecule has 0 fully saturated rings. The summed E-state index contributed by atoms with van der Waals surface area (Å²) in [5.41, 5.74) is 0.871. The number of nitrogens with zero attached hydrogens (tertiary/aromatic N) is 2. The van der Waals surface area contributed by atoms with Gasteiger partial charge in [0.1, 0.15) is 5.75 Å². The van der Waals surface area contributed by atoms with Crippen molar-refractivity contribution < 1.29 is 4.74 Å². The van der Waals surface area contributed by atoms with Gasteiger partial charge in [-0.3, -0.25) is 4.98 Å². The molecule has 0 N–H and O–H groups in total. The van der Waals surface area contributed by atoms with Crippen LogP contribution in [0.1, 0.15) is 18.5 Å². The third kappa shape index (κ3) is 3.72. The van der Waals surface area contributed by atoms with Crippen LogP contribution in [-0.4, -0.2) is 11.6 Å². The van der Waals surface area contributed by atoms with Crippen molar-refractivity contribution in [3.8, 4) is 11.8 Å². The van der Waals surface area contributed by atoms with Crippen LogP contribution >= 0.6 is 11.6 Å². The molecule has 20 heavy (non-hydrogen) atoms. The fraction of sp³-hybridized carbons (Fsp3) is 0.250. The molecule has 2 rings (SSSR count). The van der Waals surface area contributed by atoms with E-state index in [1.54, 1.807) is 18.3 Å². The number of hydrogen-bond acceptors (Lipinski definition) is 3. The van der Waals surface area contributed by atoms with Crippen LogP contribution in [0.2, 0.25) is 5.02 Å². The Balaban J connectivity index is 2.09. The molecule has 2 aromatic rings. The predicted octanol–water partition coefficient (Wildman–Crippen LogP) is 4.06. The van der Waals surface area contributed by atoms with Crippen LogP contribution in [0.4, 0.5) is 0 Å². The molecule has 102 valence electrons. The van der Waals surface area contributed by atoms with Crippen molar-refractivity contribution in [2.45, 2.75) is 12.8 Å². The first-order valence-electron chi connectivity index (χ1n) is 6.39. The molecule has 1 heterocycles. The Morgan fingerprint density at radius 3 is 2.60 bits per heavy atom. The first-order valence-corrected chi connectivity index (χ1v) is 6.77. The molecule has 2 atom stereocenters. The molecule has 1 aromatic carbocycles. The van der Waals surface area contributed by atoms with E-state index in [0.29, 0.717) is 11.6 Å². The van der Waals surface area contributed by atoms with Crippen LogP contribution in [0.3, 0.4) is 0 Å². The molecular weight excluding hydrogens is 272 g/mol. The SMILES string of the molecule is CC(C#N)C(COc1ccc(Cl)cc1)c1ccccn1. The molecule has 0 radical (unpaired) electrons. The van der Waals surface area contributed by atoms with Crippen LogP contribution in [0.5, 0.6) is 5.75 Å². The first kappa shape index (κ1) is 14.4. The zero-order valence-electron chi connectivity index (χ0n) is 11.2. The lowest BCUT2D eigenvalue weighted by Crippen LogP contribution is -2.18. The van der Waals surface area contributed by atoms with Crippen LogP contribution in [0, 0.1) is 17.2 Å². The molecule has 0 saturated carbocycles. The molecule has 0 aliphatic rings. The number of nitriles is 1. The van der Waals surface area contributed by atoms with Gasteiger partial charge in [-0.1, -0.05) is 17.7 Å². The summed E-state index contributed by atoms with van der Waals surface area (Å²) in [6.45, 7) is 2.29. The third-order valence-electron chi connectivity index (χ3n) is 3.12. The van der Waals surface area contributed by atoms with Crippen LogP contribution in [0.25, 0.3) is 0 Å². The van der Waals surface area contributed by atoms with Gasteiger partial charge in [-0.25, -0.2) is 0 Å². The predicted molar refractivity (Wildman–Crippen MR) is 78.7 cm³/mol. The molecule has 1 aromatic heterocycles. The second-order valence-corrected chi connectivity index (χ2v) is 4.98. The fourth-order valence-electron chi connectivity index (χ4n) is 1.89. The number of halogens is 1. The van der Waals surface area contributed by atoms with Crippen molar-refractivity contribution in [2.24, 2.45) is 5.92 Å². The van der Waals surface area contributed by atoms with Gasteiger partial charge < -0.3 is 4.74 Å². The number of rotatable bonds is 5. The van der Waals surface area contributed by atoms with E-state index in [0.717, 1.165) is 11.4 Å². The van der Waals surface area contributed by atoms with Gasteiger partial charge in [0.15, 0.2) is 0 Å². The Morgan fingerprint density at radius 1 is 1.25 bits per heavy atom. The molecule has 0 bridgehead atoms. The maximum absolute atomic E-state index is 9.15. The third-order valence-corrected chi connectivity index (χ3v) is 3.37.